The lowest BCUT2D eigenvalue weighted by molar-refractivity contribution is -0.133. The van der Waals surface area contributed by atoms with Crippen molar-refractivity contribution in [3.63, 3.8) is 0 Å². The van der Waals surface area contributed by atoms with Crippen molar-refractivity contribution in [2.75, 3.05) is 39.3 Å². The predicted octanol–water partition coefficient (Wildman–Crippen LogP) is 3.32. The summed E-state index contributed by atoms with van der Waals surface area (Å²) in [6, 6.07) is 10.5. The molecule has 5 nitrogen and oxygen atoms in total. The molecule has 2 heterocycles. The van der Waals surface area contributed by atoms with Gasteiger partial charge in [-0.2, -0.15) is 0 Å². The van der Waals surface area contributed by atoms with E-state index in [9.17, 15) is 9.59 Å². The molecule has 3 rings (SSSR count). The topological polar surface area (TPSA) is 43.9 Å². The molecule has 0 spiro atoms. The summed E-state index contributed by atoms with van der Waals surface area (Å²) in [5, 5.41) is 0. The summed E-state index contributed by atoms with van der Waals surface area (Å²) in [7, 11) is 0. The van der Waals surface area contributed by atoms with Crippen LogP contribution in [0.2, 0.25) is 0 Å². The smallest absolute Gasteiger partial charge is 0.249 e. The largest absolute Gasteiger partial charge is 0.340 e. The third-order valence-corrected chi connectivity index (χ3v) is 6.32. The molecule has 1 aromatic rings. The van der Waals surface area contributed by atoms with Crippen molar-refractivity contribution in [2.45, 2.75) is 46.1 Å². The first-order chi connectivity index (χ1) is 14.1. The first kappa shape index (κ1) is 21.6. The van der Waals surface area contributed by atoms with E-state index in [0.717, 1.165) is 70.6 Å². The highest BCUT2D eigenvalue weighted by Gasteiger charge is 2.26. The minimum atomic E-state index is 0.151. The van der Waals surface area contributed by atoms with Gasteiger partial charge in [0.2, 0.25) is 11.8 Å². The Kier molecular flexibility index (Phi) is 7.87. The molecule has 1 unspecified atom stereocenters. The van der Waals surface area contributed by atoms with Crippen molar-refractivity contribution in [2.24, 2.45) is 5.92 Å². The average Bonchev–Trinajstić information content (AvgIpc) is 2.77. The van der Waals surface area contributed by atoms with Crippen LogP contribution in [-0.2, 0) is 16.1 Å². The summed E-state index contributed by atoms with van der Waals surface area (Å²) in [5.74, 6) is 0.871. The lowest BCUT2D eigenvalue weighted by atomic mass is 9.92. The highest BCUT2D eigenvalue weighted by molar-refractivity contribution is 5.92. The fourth-order valence-electron chi connectivity index (χ4n) is 4.34. The van der Waals surface area contributed by atoms with Gasteiger partial charge in [0.15, 0.2) is 0 Å². The first-order valence-corrected chi connectivity index (χ1v) is 11.0. The number of amides is 2. The van der Waals surface area contributed by atoms with E-state index in [2.05, 4.69) is 29.2 Å². The van der Waals surface area contributed by atoms with Crippen LogP contribution in [-0.4, -0.2) is 65.8 Å². The Hall–Kier alpha value is -2.14. The van der Waals surface area contributed by atoms with Gasteiger partial charge in [-0.1, -0.05) is 36.4 Å². The second kappa shape index (κ2) is 10.6. The summed E-state index contributed by atoms with van der Waals surface area (Å²) in [6.45, 7) is 9.91. The summed E-state index contributed by atoms with van der Waals surface area (Å²) in [5.41, 5.74) is 2.15. The van der Waals surface area contributed by atoms with Crippen LogP contribution < -0.4 is 0 Å². The highest BCUT2D eigenvalue weighted by atomic mass is 16.2. The van der Waals surface area contributed by atoms with Crippen LogP contribution in [0.4, 0.5) is 0 Å². The van der Waals surface area contributed by atoms with Gasteiger partial charge < -0.3 is 9.80 Å². The zero-order chi connectivity index (χ0) is 20.6. The molecule has 0 bridgehead atoms. The number of piperazine rings is 1. The van der Waals surface area contributed by atoms with Gasteiger partial charge in [0.05, 0.1) is 0 Å². The van der Waals surface area contributed by atoms with Crippen LogP contribution in [0.5, 0.6) is 0 Å². The lowest BCUT2D eigenvalue weighted by Gasteiger charge is -2.36. The Balaban J connectivity index is 1.39. The molecular formula is C24H35N3O2. The zero-order valence-corrected chi connectivity index (χ0v) is 18.0. The van der Waals surface area contributed by atoms with Gasteiger partial charge in [-0.15, -0.1) is 0 Å². The quantitative estimate of drug-likeness (QED) is 0.692. The first-order valence-electron chi connectivity index (χ1n) is 11.0. The van der Waals surface area contributed by atoms with Crippen LogP contribution in [0, 0.1) is 5.92 Å². The van der Waals surface area contributed by atoms with E-state index in [1.165, 1.54) is 5.56 Å². The molecule has 0 radical (unpaired) electrons. The van der Waals surface area contributed by atoms with Crippen LogP contribution in [0.3, 0.4) is 0 Å². The average molecular weight is 398 g/mol. The standard InChI is InChI=1S/C24H35N3O2/c1-3-20(2)24(29)27-13-7-10-22(19-27)11-12-23(28)26-16-14-25(15-17-26)18-21-8-5-4-6-9-21/h3-6,8-9,22H,7,10-19H2,1-2H3. The van der Waals surface area contributed by atoms with Crippen molar-refractivity contribution >= 4 is 11.8 Å². The van der Waals surface area contributed by atoms with Gasteiger partial charge in [-0.3, -0.25) is 14.5 Å². The van der Waals surface area contributed by atoms with Gasteiger partial charge >= 0.3 is 0 Å². The van der Waals surface area contributed by atoms with Gasteiger partial charge in [-0.05, 0) is 44.6 Å². The van der Waals surface area contributed by atoms with E-state index in [1.807, 2.05) is 35.8 Å². The van der Waals surface area contributed by atoms with Crippen molar-refractivity contribution in [1.82, 2.24) is 14.7 Å². The van der Waals surface area contributed by atoms with E-state index in [-0.39, 0.29) is 11.8 Å². The van der Waals surface area contributed by atoms with Gasteiger partial charge in [0.25, 0.3) is 0 Å². The van der Waals surface area contributed by atoms with Crippen molar-refractivity contribution < 1.29 is 9.59 Å². The molecule has 0 aromatic heterocycles. The molecule has 5 heteroatoms. The maximum absolute atomic E-state index is 12.7. The summed E-state index contributed by atoms with van der Waals surface area (Å²) in [4.78, 5) is 31.5. The molecule has 29 heavy (non-hydrogen) atoms. The Labute approximate surface area is 175 Å². The van der Waals surface area contributed by atoms with Crippen LogP contribution in [0.25, 0.3) is 0 Å². The number of piperidine rings is 1. The SMILES string of the molecule is CC=C(C)C(=O)N1CCCC(CCC(=O)N2CCN(Cc3ccccc3)CC2)C1. The zero-order valence-electron chi connectivity index (χ0n) is 18.0. The molecule has 2 amide bonds. The highest BCUT2D eigenvalue weighted by Crippen LogP contribution is 2.23. The number of carbonyl (C=O) groups is 2. The second-order valence-corrected chi connectivity index (χ2v) is 8.41. The van der Waals surface area contributed by atoms with E-state index in [0.29, 0.717) is 12.3 Å². The molecule has 2 saturated heterocycles. The summed E-state index contributed by atoms with van der Waals surface area (Å²) >= 11 is 0. The minimum Gasteiger partial charge on any atom is -0.340 e. The number of likely N-dealkylation sites (tertiary alicyclic amines) is 1. The Morgan fingerprint density at radius 1 is 1.03 bits per heavy atom. The summed E-state index contributed by atoms with van der Waals surface area (Å²) < 4.78 is 0. The number of nitrogens with zero attached hydrogens (tertiary/aromatic N) is 3. The number of hydrogen-bond acceptors (Lipinski definition) is 3. The molecule has 2 aliphatic rings. The number of rotatable bonds is 6. The Morgan fingerprint density at radius 3 is 2.45 bits per heavy atom. The Morgan fingerprint density at radius 2 is 1.76 bits per heavy atom. The van der Waals surface area contributed by atoms with E-state index >= 15 is 0 Å². The molecule has 158 valence electrons. The molecule has 1 atom stereocenters. The van der Waals surface area contributed by atoms with E-state index < -0.39 is 0 Å². The van der Waals surface area contributed by atoms with E-state index in [1.54, 1.807) is 0 Å². The number of benzene rings is 1. The number of carbonyl (C=O) groups excluding carboxylic acids is 2. The molecule has 2 aliphatic heterocycles. The molecule has 2 fully saturated rings. The van der Waals surface area contributed by atoms with Gasteiger partial charge in [0, 0.05) is 57.8 Å². The van der Waals surface area contributed by atoms with Gasteiger partial charge in [0.1, 0.15) is 0 Å². The predicted molar refractivity (Wildman–Crippen MR) is 116 cm³/mol. The fraction of sp³-hybridized carbons (Fsp3) is 0.583. The fourth-order valence-corrected chi connectivity index (χ4v) is 4.34. The molecule has 1 aromatic carbocycles. The van der Waals surface area contributed by atoms with Crippen molar-refractivity contribution in [3.8, 4) is 0 Å². The van der Waals surface area contributed by atoms with Crippen molar-refractivity contribution in [1.29, 1.82) is 0 Å². The monoisotopic (exact) mass is 397 g/mol. The van der Waals surface area contributed by atoms with Crippen molar-refractivity contribution in [3.05, 3.63) is 47.5 Å². The summed E-state index contributed by atoms with van der Waals surface area (Å²) in [6.07, 6.45) is 5.54. The van der Waals surface area contributed by atoms with Crippen LogP contribution >= 0.6 is 0 Å². The third-order valence-electron chi connectivity index (χ3n) is 6.32. The van der Waals surface area contributed by atoms with E-state index in [4.69, 9.17) is 0 Å². The maximum Gasteiger partial charge on any atom is 0.249 e. The molecule has 0 saturated carbocycles. The van der Waals surface area contributed by atoms with Crippen LogP contribution in [0.1, 0.15) is 45.1 Å². The Bertz CT molecular complexity index is 708. The molecule has 0 N–H and O–H groups in total. The van der Waals surface area contributed by atoms with Gasteiger partial charge in [-0.25, -0.2) is 0 Å². The van der Waals surface area contributed by atoms with Crippen LogP contribution in [0.15, 0.2) is 42.0 Å². The third kappa shape index (κ3) is 6.17. The second-order valence-electron chi connectivity index (χ2n) is 8.41. The molecule has 0 aliphatic carbocycles. The normalized spacial score (nSPS) is 21.3. The lowest BCUT2D eigenvalue weighted by Crippen LogP contribution is -2.48. The molecular weight excluding hydrogens is 362 g/mol. The minimum absolute atomic E-state index is 0.151. The maximum atomic E-state index is 12.7. The number of hydrogen-bond donors (Lipinski definition) is 0. The number of allylic oxidation sites excluding steroid dienone is 1.